The predicted molar refractivity (Wildman–Crippen MR) is 80.1 cm³/mol. The zero-order chi connectivity index (χ0) is 15.4. The molecule has 0 radical (unpaired) electrons. The van der Waals surface area contributed by atoms with Crippen molar-refractivity contribution in [3.05, 3.63) is 54.5 Å². The highest BCUT2D eigenvalue weighted by molar-refractivity contribution is 6.04. The molecule has 0 saturated carbocycles. The summed E-state index contributed by atoms with van der Waals surface area (Å²) in [5.41, 5.74) is 2.17. The fourth-order valence-corrected chi connectivity index (χ4v) is 2.12. The van der Waals surface area contributed by atoms with Gasteiger partial charge in [0, 0.05) is 17.8 Å². The monoisotopic (exact) mass is 295 g/mol. The first kappa shape index (κ1) is 14.1. The van der Waals surface area contributed by atoms with E-state index >= 15 is 0 Å². The van der Waals surface area contributed by atoms with E-state index in [0.29, 0.717) is 27.9 Å². The van der Waals surface area contributed by atoms with Crippen molar-refractivity contribution in [2.75, 3.05) is 13.2 Å². The Balaban J connectivity index is 2.14. The van der Waals surface area contributed by atoms with Crippen LogP contribution in [0.2, 0.25) is 0 Å². The zero-order valence-corrected chi connectivity index (χ0v) is 11.6. The molecule has 1 aromatic carbocycles. The third-order valence-corrected chi connectivity index (χ3v) is 3.09. The van der Waals surface area contributed by atoms with E-state index in [1.807, 2.05) is 18.2 Å². The van der Waals surface area contributed by atoms with Gasteiger partial charge in [-0.05, 0) is 12.1 Å². The SMILES string of the molecule is O=C(OCCO)c1cc(-c2cnccn2)nc2ccccc12. The summed E-state index contributed by atoms with van der Waals surface area (Å²) in [5, 5.41) is 9.49. The van der Waals surface area contributed by atoms with Crippen LogP contribution in [0.3, 0.4) is 0 Å². The number of aliphatic hydroxyl groups excluding tert-OH is 1. The predicted octanol–water partition coefficient (Wildman–Crippen LogP) is 1.84. The Morgan fingerprint density at radius 3 is 2.82 bits per heavy atom. The Morgan fingerprint density at radius 1 is 1.18 bits per heavy atom. The topological polar surface area (TPSA) is 85.2 Å². The van der Waals surface area contributed by atoms with Crippen molar-refractivity contribution < 1.29 is 14.6 Å². The summed E-state index contributed by atoms with van der Waals surface area (Å²) in [6.45, 7) is -0.262. The molecule has 1 N–H and O–H groups in total. The molecule has 0 aliphatic heterocycles. The molecular weight excluding hydrogens is 282 g/mol. The molecule has 0 atom stereocenters. The zero-order valence-electron chi connectivity index (χ0n) is 11.6. The number of hydrogen-bond donors (Lipinski definition) is 1. The lowest BCUT2D eigenvalue weighted by Crippen LogP contribution is -2.10. The van der Waals surface area contributed by atoms with Gasteiger partial charge in [-0.25, -0.2) is 9.78 Å². The van der Waals surface area contributed by atoms with E-state index in [0.717, 1.165) is 0 Å². The third kappa shape index (κ3) is 2.77. The third-order valence-electron chi connectivity index (χ3n) is 3.09. The molecule has 3 rings (SSSR count). The Kier molecular flexibility index (Phi) is 4.02. The van der Waals surface area contributed by atoms with Gasteiger partial charge in [0.15, 0.2) is 0 Å². The Labute approximate surface area is 126 Å². The fraction of sp³-hybridized carbons (Fsp3) is 0.125. The van der Waals surface area contributed by atoms with Crippen LogP contribution in [0.5, 0.6) is 0 Å². The first-order valence-electron chi connectivity index (χ1n) is 6.74. The van der Waals surface area contributed by atoms with Gasteiger partial charge in [0.05, 0.1) is 29.6 Å². The Hall–Kier alpha value is -2.86. The number of aliphatic hydroxyl groups is 1. The van der Waals surface area contributed by atoms with Gasteiger partial charge >= 0.3 is 5.97 Å². The Bertz CT molecular complexity index is 806. The number of nitrogens with zero attached hydrogens (tertiary/aromatic N) is 3. The molecule has 0 amide bonds. The minimum absolute atomic E-state index is 0.0457. The number of para-hydroxylation sites is 1. The molecule has 0 aliphatic rings. The van der Waals surface area contributed by atoms with Gasteiger partial charge < -0.3 is 9.84 Å². The first-order valence-corrected chi connectivity index (χ1v) is 6.74. The van der Waals surface area contributed by atoms with Crippen LogP contribution in [-0.4, -0.2) is 39.2 Å². The number of rotatable bonds is 4. The molecule has 3 aromatic rings. The molecule has 0 bridgehead atoms. The van der Waals surface area contributed by atoms with Crippen LogP contribution >= 0.6 is 0 Å². The van der Waals surface area contributed by atoms with Gasteiger partial charge in [-0.2, -0.15) is 0 Å². The van der Waals surface area contributed by atoms with E-state index in [2.05, 4.69) is 15.0 Å². The number of aromatic nitrogens is 3. The van der Waals surface area contributed by atoms with Crippen LogP contribution in [0.4, 0.5) is 0 Å². The van der Waals surface area contributed by atoms with E-state index in [-0.39, 0.29) is 13.2 Å². The fourth-order valence-electron chi connectivity index (χ4n) is 2.12. The van der Waals surface area contributed by atoms with E-state index in [1.54, 1.807) is 30.7 Å². The van der Waals surface area contributed by atoms with E-state index in [9.17, 15) is 4.79 Å². The second-order valence-electron chi connectivity index (χ2n) is 4.52. The van der Waals surface area contributed by atoms with Crippen molar-refractivity contribution in [1.82, 2.24) is 15.0 Å². The van der Waals surface area contributed by atoms with E-state index in [4.69, 9.17) is 9.84 Å². The molecular formula is C16H13N3O3. The minimum Gasteiger partial charge on any atom is -0.460 e. The smallest absolute Gasteiger partial charge is 0.338 e. The molecule has 110 valence electrons. The van der Waals surface area contributed by atoms with Gasteiger partial charge in [-0.1, -0.05) is 18.2 Å². The average Bonchev–Trinajstić information content (AvgIpc) is 2.59. The molecule has 0 spiro atoms. The van der Waals surface area contributed by atoms with E-state index in [1.165, 1.54) is 0 Å². The Morgan fingerprint density at radius 2 is 2.05 bits per heavy atom. The molecule has 0 fully saturated rings. The van der Waals surface area contributed by atoms with Gasteiger partial charge in [-0.15, -0.1) is 0 Å². The van der Waals surface area contributed by atoms with Crippen LogP contribution in [0.15, 0.2) is 48.9 Å². The van der Waals surface area contributed by atoms with Crippen LogP contribution in [0.25, 0.3) is 22.3 Å². The molecule has 22 heavy (non-hydrogen) atoms. The molecule has 0 unspecified atom stereocenters. The van der Waals surface area contributed by atoms with Crippen molar-refractivity contribution in [1.29, 1.82) is 0 Å². The average molecular weight is 295 g/mol. The minimum atomic E-state index is -0.502. The first-order chi connectivity index (χ1) is 10.8. The highest BCUT2D eigenvalue weighted by Crippen LogP contribution is 2.23. The van der Waals surface area contributed by atoms with Crippen LogP contribution in [0, 0.1) is 0 Å². The summed E-state index contributed by atoms with van der Waals surface area (Å²) < 4.78 is 5.02. The second-order valence-corrected chi connectivity index (χ2v) is 4.52. The molecule has 2 heterocycles. The van der Waals surface area contributed by atoms with Crippen molar-refractivity contribution in [2.45, 2.75) is 0 Å². The summed E-state index contributed by atoms with van der Waals surface area (Å²) in [6, 6.07) is 8.93. The number of esters is 1. The number of hydrogen-bond acceptors (Lipinski definition) is 6. The largest absolute Gasteiger partial charge is 0.460 e. The van der Waals surface area contributed by atoms with Gasteiger partial charge in [0.1, 0.15) is 12.3 Å². The quantitative estimate of drug-likeness (QED) is 0.739. The van der Waals surface area contributed by atoms with Gasteiger partial charge in [0.25, 0.3) is 0 Å². The van der Waals surface area contributed by atoms with Crippen molar-refractivity contribution in [3.63, 3.8) is 0 Å². The lowest BCUT2D eigenvalue weighted by Gasteiger charge is -2.09. The lowest BCUT2D eigenvalue weighted by atomic mass is 10.1. The lowest BCUT2D eigenvalue weighted by molar-refractivity contribution is 0.0436. The van der Waals surface area contributed by atoms with Crippen molar-refractivity contribution in [2.24, 2.45) is 0 Å². The van der Waals surface area contributed by atoms with Crippen LogP contribution in [-0.2, 0) is 4.74 Å². The molecule has 6 nitrogen and oxygen atoms in total. The maximum Gasteiger partial charge on any atom is 0.338 e. The molecule has 0 saturated heterocycles. The number of carbonyl (C=O) groups is 1. The van der Waals surface area contributed by atoms with Crippen LogP contribution < -0.4 is 0 Å². The highest BCUT2D eigenvalue weighted by Gasteiger charge is 2.15. The second kappa shape index (κ2) is 6.28. The highest BCUT2D eigenvalue weighted by atomic mass is 16.5. The summed E-state index contributed by atoms with van der Waals surface area (Å²) in [6.07, 6.45) is 4.72. The van der Waals surface area contributed by atoms with Gasteiger partial charge in [0.2, 0.25) is 0 Å². The molecule has 2 aromatic heterocycles. The summed E-state index contributed by atoms with van der Waals surface area (Å²) in [5.74, 6) is -0.502. The summed E-state index contributed by atoms with van der Waals surface area (Å²) in [4.78, 5) is 24.9. The van der Waals surface area contributed by atoms with Crippen molar-refractivity contribution in [3.8, 4) is 11.4 Å². The van der Waals surface area contributed by atoms with E-state index < -0.39 is 5.97 Å². The molecule has 0 aliphatic carbocycles. The standard InChI is InChI=1S/C16H13N3O3/c20-7-8-22-16(21)12-9-14(15-10-17-5-6-18-15)19-13-4-2-1-3-11(12)13/h1-6,9-10,20H,7-8H2. The normalized spacial score (nSPS) is 10.6. The number of fused-ring (bicyclic) bond motifs is 1. The summed E-state index contributed by atoms with van der Waals surface area (Å²) >= 11 is 0. The summed E-state index contributed by atoms with van der Waals surface area (Å²) in [7, 11) is 0. The number of pyridine rings is 1. The maximum atomic E-state index is 12.2. The number of benzene rings is 1. The number of carbonyl (C=O) groups excluding carboxylic acids is 1. The maximum absolute atomic E-state index is 12.2. The van der Waals surface area contributed by atoms with Crippen molar-refractivity contribution >= 4 is 16.9 Å². The number of ether oxygens (including phenoxy) is 1. The van der Waals surface area contributed by atoms with Crippen LogP contribution in [0.1, 0.15) is 10.4 Å². The van der Waals surface area contributed by atoms with Gasteiger partial charge in [-0.3, -0.25) is 9.97 Å². The molecule has 6 heteroatoms.